The van der Waals surface area contributed by atoms with E-state index in [-0.39, 0.29) is 44.8 Å². The van der Waals surface area contributed by atoms with Crippen LogP contribution in [0.3, 0.4) is 0 Å². The Hall–Kier alpha value is -1.70. The molecule has 0 rings (SSSR count). The summed E-state index contributed by atoms with van der Waals surface area (Å²) >= 11 is 0. The van der Waals surface area contributed by atoms with E-state index in [0.29, 0.717) is 0 Å². The quantitative estimate of drug-likeness (QED) is 0.185. The average molecular weight is 700 g/mol. The van der Waals surface area contributed by atoms with Gasteiger partial charge in [0.25, 0.3) is 0 Å². The van der Waals surface area contributed by atoms with Gasteiger partial charge in [-0.25, -0.2) is 0 Å². The summed E-state index contributed by atoms with van der Waals surface area (Å²) in [7, 11) is 0. The molecule has 0 aromatic rings. The first-order valence-electron chi connectivity index (χ1n) is 4.57. The fourth-order valence-corrected chi connectivity index (χ4v) is 0.354. The van der Waals surface area contributed by atoms with E-state index in [1.807, 2.05) is 0 Å². The van der Waals surface area contributed by atoms with E-state index in [1.165, 1.54) is 0 Å². The van der Waals surface area contributed by atoms with Crippen LogP contribution in [0.15, 0.2) is 0 Å². The fourth-order valence-electron chi connectivity index (χ4n) is 0.354. The second-order valence-electron chi connectivity index (χ2n) is 2.76. The van der Waals surface area contributed by atoms with Crippen molar-refractivity contribution in [3.8, 4) is 0 Å². The number of hydrogen-bond donors (Lipinski definition) is 0. The molecule has 0 heterocycles. The van der Waals surface area contributed by atoms with Crippen molar-refractivity contribution < 1.29 is 104 Å². The molecule has 0 bridgehead atoms. The van der Waals surface area contributed by atoms with Crippen LogP contribution < -0.4 is 30.6 Å². The number of carboxylic acids is 6. The molecule has 0 aliphatic heterocycles. The average Bonchev–Trinajstić information content (AvgIpc) is 2.10. The Morgan fingerprint density at radius 2 is 0.478 bits per heavy atom. The van der Waals surface area contributed by atoms with Gasteiger partial charge in [0.1, 0.15) is 0 Å². The van der Waals surface area contributed by atoms with E-state index in [2.05, 4.69) is 0 Å². The number of carbonyl (C=O) groups excluding carboxylic acids is 6. The van der Waals surface area contributed by atoms with E-state index in [4.69, 9.17) is 0 Å². The zero-order valence-corrected chi connectivity index (χ0v) is 15.0. The molecular weight excluding hydrogens is 694 g/mol. The Kier molecular flexibility index (Phi) is 29.2. The number of carboxylic acid groups (broad SMARTS) is 6. The summed E-state index contributed by atoms with van der Waals surface area (Å²) in [6.07, 6.45) is -3.08. The van der Waals surface area contributed by atoms with Gasteiger partial charge in [0.05, 0.1) is 0 Å². The van der Waals surface area contributed by atoms with Gasteiger partial charge in [0, 0.05) is 55.1 Å². The van der Waals surface area contributed by atoms with Gasteiger partial charge < -0.3 is 59.4 Å². The molecule has 0 amide bonds. The Morgan fingerprint density at radius 3 is 0.478 bits per heavy atom. The van der Waals surface area contributed by atoms with Crippen molar-refractivity contribution in [3.05, 3.63) is 0 Å². The van der Waals surface area contributed by atoms with Crippen LogP contribution in [0.4, 0.5) is 0 Å². The van der Waals surface area contributed by atoms with Gasteiger partial charge in [0.15, 0.2) is 0 Å². The van der Waals surface area contributed by atoms with E-state index in [1.54, 1.807) is 0 Å². The molecule has 0 fully saturated rings. The zero-order valence-electron chi connectivity index (χ0n) is 10.6. The van der Waals surface area contributed by atoms with Crippen LogP contribution in [0.5, 0.6) is 0 Å². The third-order valence-electron chi connectivity index (χ3n) is 0.866. The minimum absolute atomic E-state index is 0. The van der Waals surface area contributed by atoms with Crippen LogP contribution in [-0.2, 0) is 73.5 Å². The van der Waals surface area contributed by atoms with Crippen LogP contribution in [0.2, 0.25) is 0 Å². The first kappa shape index (κ1) is 33.0. The molecule has 0 saturated carbocycles. The predicted molar refractivity (Wildman–Crippen MR) is 43.9 cm³/mol. The number of aliphatic carboxylic acids is 6. The zero-order chi connectivity index (χ0) is 17.6. The van der Waals surface area contributed by atoms with Crippen LogP contribution in [0.1, 0.15) is 19.3 Å². The molecule has 14 heteroatoms. The third-order valence-corrected chi connectivity index (χ3v) is 0.866. The number of carbonyl (C=O) groups is 6. The van der Waals surface area contributed by atoms with Crippen molar-refractivity contribution in [1.82, 2.24) is 0 Å². The maximum absolute atomic E-state index is 9.28. The molecule has 12 nitrogen and oxygen atoms in total. The van der Waals surface area contributed by atoms with Crippen molar-refractivity contribution in [2.75, 3.05) is 0 Å². The molecule has 0 spiro atoms. The Bertz CT molecular complexity index is 321. The fraction of sp³-hybridized carbons (Fsp3) is 0.333. The van der Waals surface area contributed by atoms with Crippen molar-refractivity contribution in [2.24, 2.45) is 0 Å². The Balaban J connectivity index is -0.0000000675. The van der Waals surface area contributed by atoms with E-state index in [0.717, 1.165) is 0 Å². The SMILES string of the molecule is O=C([O-])CC(=O)[O-].O=C([O-])CC(=O)[O-].O=C([O-])CC(=O)[O-].[Au+3].[Au+3]. The number of rotatable bonds is 6. The molecule has 0 unspecified atom stereocenters. The summed E-state index contributed by atoms with van der Waals surface area (Å²) in [6, 6.07) is 0. The number of hydrogen-bond acceptors (Lipinski definition) is 12. The molecule has 0 aliphatic carbocycles. The predicted octanol–water partition coefficient (Wildman–Crippen LogP) is -9.38. The topological polar surface area (TPSA) is 241 Å². The first-order valence-corrected chi connectivity index (χ1v) is 4.57. The van der Waals surface area contributed by atoms with E-state index in [9.17, 15) is 59.4 Å². The summed E-state index contributed by atoms with van der Waals surface area (Å²) in [5, 5.41) is 55.7. The molecule has 0 saturated heterocycles. The van der Waals surface area contributed by atoms with Gasteiger partial charge in [-0.2, -0.15) is 0 Å². The maximum atomic E-state index is 9.28. The molecule has 0 aliphatic rings. The summed E-state index contributed by atoms with van der Waals surface area (Å²) in [5.41, 5.74) is 0. The molecule has 0 radical (unpaired) electrons. The van der Waals surface area contributed by atoms with E-state index >= 15 is 0 Å². The molecule has 23 heavy (non-hydrogen) atoms. The minimum atomic E-state index is -1.63. The van der Waals surface area contributed by atoms with Crippen molar-refractivity contribution >= 4 is 35.8 Å². The van der Waals surface area contributed by atoms with Crippen molar-refractivity contribution in [3.63, 3.8) is 0 Å². The molecule has 0 atom stereocenters. The van der Waals surface area contributed by atoms with Crippen LogP contribution in [-0.4, -0.2) is 35.8 Å². The Labute approximate surface area is 159 Å². The first-order chi connectivity index (χ1) is 9.38. The molecule has 136 valence electrons. The van der Waals surface area contributed by atoms with Crippen LogP contribution >= 0.6 is 0 Å². The van der Waals surface area contributed by atoms with Crippen LogP contribution in [0, 0.1) is 0 Å². The van der Waals surface area contributed by atoms with E-state index < -0.39 is 55.1 Å². The standard InChI is InChI=1S/3C3H4O4.2Au/c3*4-2(5)1-3(6)7;;/h3*1H2,(H,4,5)(H,6,7);;/q;;;2*+3/p-6. The molecule has 0 aromatic heterocycles. The summed E-state index contributed by atoms with van der Waals surface area (Å²) in [4.78, 5) is 55.7. The van der Waals surface area contributed by atoms with Crippen LogP contribution in [0.25, 0.3) is 0 Å². The third kappa shape index (κ3) is 64.1. The van der Waals surface area contributed by atoms with Gasteiger partial charge in [-0.3, -0.25) is 0 Å². The summed E-state index contributed by atoms with van der Waals surface area (Å²) in [6.45, 7) is 0. The van der Waals surface area contributed by atoms with Crippen molar-refractivity contribution in [2.45, 2.75) is 19.3 Å². The normalized spacial score (nSPS) is 7.30. The smallest absolute Gasteiger partial charge is 0.550 e. The summed E-state index contributed by atoms with van der Waals surface area (Å²) in [5.74, 6) is -9.75. The molecular formula is C9H6Au2O12. The maximum Gasteiger partial charge on any atom is 3.00 e. The molecule has 0 aromatic carbocycles. The van der Waals surface area contributed by atoms with Gasteiger partial charge in [-0.1, -0.05) is 0 Å². The summed E-state index contributed by atoms with van der Waals surface area (Å²) < 4.78 is 0. The van der Waals surface area contributed by atoms with Gasteiger partial charge in [-0.05, 0) is 0 Å². The monoisotopic (exact) mass is 700 g/mol. The minimum Gasteiger partial charge on any atom is -0.550 e. The van der Waals surface area contributed by atoms with Crippen molar-refractivity contribution in [1.29, 1.82) is 0 Å². The second kappa shape index (κ2) is 20.3. The van der Waals surface area contributed by atoms with Gasteiger partial charge in [0.2, 0.25) is 0 Å². The Morgan fingerprint density at radius 1 is 0.391 bits per heavy atom. The largest absolute Gasteiger partial charge is 3.00 e. The van der Waals surface area contributed by atoms with Gasteiger partial charge >= 0.3 is 44.8 Å². The molecule has 0 N–H and O–H groups in total. The second-order valence-corrected chi connectivity index (χ2v) is 2.76. The van der Waals surface area contributed by atoms with Gasteiger partial charge in [-0.15, -0.1) is 0 Å².